The van der Waals surface area contributed by atoms with E-state index in [1.807, 2.05) is 12.1 Å². The van der Waals surface area contributed by atoms with Crippen LogP contribution in [0.4, 0.5) is 13.2 Å². The maximum Gasteiger partial charge on any atom is 0.417 e. The number of benzene rings is 1. The molecule has 3 rings (SSSR count). The van der Waals surface area contributed by atoms with Crippen molar-refractivity contribution in [2.24, 2.45) is 0 Å². The molecule has 1 saturated heterocycles. The lowest BCUT2D eigenvalue weighted by Gasteiger charge is -2.40. The predicted molar refractivity (Wildman–Crippen MR) is 78.8 cm³/mol. The maximum absolute atomic E-state index is 12.8. The molecule has 0 amide bonds. The van der Waals surface area contributed by atoms with Crippen LogP contribution >= 0.6 is 0 Å². The Bertz CT molecular complexity index is 521. The molecule has 1 aliphatic carbocycles. The number of rotatable bonds is 2. The van der Waals surface area contributed by atoms with Crippen molar-refractivity contribution in [2.75, 3.05) is 19.6 Å². The molecule has 2 aliphatic rings. The van der Waals surface area contributed by atoms with Crippen molar-refractivity contribution in [3.63, 3.8) is 0 Å². The van der Waals surface area contributed by atoms with Crippen LogP contribution in [-0.4, -0.2) is 41.4 Å². The van der Waals surface area contributed by atoms with Gasteiger partial charge in [0.2, 0.25) is 0 Å². The molecule has 0 bridgehead atoms. The first-order chi connectivity index (χ1) is 10.4. The van der Waals surface area contributed by atoms with Crippen molar-refractivity contribution in [3.8, 4) is 0 Å². The highest BCUT2D eigenvalue weighted by molar-refractivity contribution is 5.32. The first-order valence-corrected chi connectivity index (χ1v) is 7.98. The number of alkyl halides is 3. The van der Waals surface area contributed by atoms with Gasteiger partial charge < -0.3 is 10.0 Å². The maximum atomic E-state index is 12.8. The topological polar surface area (TPSA) is 23.5 Å². The Balaban J connectivity index is 1.63. The summed E-state index contributed by atoms with van der Waals surface area (Å²) in [4.78, 5) is 2.08. The van der Waals surface area contributed by atoms with Gasteiger partial charge in [0, 0.05) is 19.6 Å². The number of fused-ring (bicyclic) bond motifs is 1. The van der Waals surface area contributed by atoms with Crippen LogP contribution in [-0.2, 0) is 6.42 Å². The molecule has 1 N–H and O–H groups in total. The van der Waals surface area contributed by atoms with Crippen molar-refractivity contribution in [3.05, 3.63) is 35.4 Å². The minimum atomic E-state index is -4.52. The second-order valence-electron chi connectivity index (χ2n) is 6.62. The summed E-state index contributed by atoms with van der Waals surface area (Å²) < 4.78 is 38.5. The monoisotopic (exact) mass is 313 g/mol. The lowest BCUT2D eigenvalue weighted by atomic mass is 9.82. The van der Waals surface area contributed by atoms with Gasteiger partial charge in [-0.1, -0.05) is 24.3 Å². The van der Waals surface area contributed by atoms with Crippen LogP contribution in [0.25, 0.3) is 0 Å². The third-order valence-corrected chi connectivity index (χ3v) is 5.18. The van der Waals surface area contributed by atoms with E-state index in [2.05, 4.69) is 17.0 Å². The highest BCUT2D eigenvalue weighted by atomic mass is 19.4. The third kappa shape index (κ3) is 3.01. The molecule has 0 radical (unpaired) electrons. The van der Waals surface area contributed by atoms with Crippen LogP contribution in [0, 0.1) is 0 Å². The molecule has 1 aliphatic heterocycles. The summed E-state index contributed by atoms with van der Waals surface area (Å²) in [5, 5.41) is 9.74. The molecular weight excluding hydrogens is 291 g/mol. The van der Waals surface area contributed by atoms with Gasteiger partial charge in [-0.3, -0.25) is 0 Å². The van der Waals surface area contributed by atoms with Crippen LogP contribution in [0.1, 0.15) is 42.7 Å². The van der Waals surface area contributed by atoms with Crippen LogP contribution < -0.4 is 0 Å². The number of halogens is 3. The zero-order valence-corrected chi connectivity index (χ0v) is 12.6. The lowest BCUT2D eigenvalue weighted by Crippen LogP contribution is -2.53. The molecule has 122 valence electrons. The Morgan fingerprint density at radius 2 is 1.86 bits per heavy atom. The summed E-state index contributed by atoms with van der Waals surface area (Å²) in [5.41, 5.74) is 0.238. The molecule has 0 saturated carbocycles. The smallest absolute Gasteiger partial charge is 0.380 e. The van der Waals surface area contributed by atoms with Crippen LogP contribution in [0.5, 0.6) is 0 Å². The standard InChI is InChI=1S/C17H22F3NO/c18-17(19,20)16(22)8-10-21(11-9-16)12-14-6-3-5-13-4-1-2-7-15(13)14/h1-2,4,7,14,22H,3,5-6,8-12H2. The average molecular weight is 313 g/mol. The van der Waals surface area contributed by atoms with Gasteiger partial charge in [0.15, 0.2) is 5.60 Å². The quantitative estimate of drug-likeness (QED) is 0.903. The predicted octanol–water partition coefficient (Wildman–Crippen LogP) is 3.50. The fourth-order valence-electron chi connectivity index (χ4n) is 3.74. The van der Waals surface area contributed by atoms with E-state index in [1.165, 1.54) is 11.1 Å². The fourth-order valence-corrected chi connectivity index (χ4v) is 3.74. The zero-order valence-electron chi connectivity index (χ0n) is 12.6. The van der Waals surface area contributed by atoms with Gasteiger partial charge in [-0.25, -0.2) is 0 Å². The molecule has 1 aromatic rings. The largest absolute Gasteiger partial charge is 0.417 e. The Morgan fingerprint density at radius 3 is 2.55 bits per heavy atom. The van der Waals surface area contributed by atoms with E-state index in [1.54, 1.807) is 0 Å². The van der Waals surface area contributed by atoms with E-state index in [0.29, 0.717) is 19.0 Å². The van der Waals surface area contributed by atoms with Gasteiger partial charge >= 0.3 is 6.18 Å². The van der Waals surface area contributed by atoms with E-state index in [9.17, 15) is 18.3 Å². The number of likely N-dealkylation sites (tertiary alicyclic amines) is 1. The molecule has 1 fully saturated rings. The molecule has 1 unspecified atom stereocenters. The summed E-state index contributed by atoms with van der Waals surface area (Å²) in [5.74, 6) is 0.405. The van der Waals surface area contributed by atoms with Crippen LogP contribution in [0.2, 0.25) is 0 Å². The van der Waals surface area contributed by atoms with Gasteiger partial charge in [-0.2, -0.15) is 13.2 Å². The third-order valence-electron chi connectivity index (χ3n) is 5.18. The molecule has 1 aromatic carbocycles. The Kier molecular flexibility index (Phi) is 4.21. The van der Waals surface area contributed by atoms with Crippen molar-refractivity contribution in [1.82, 2.24) is 4.90 Å². The van der Waals surface area contributed by atoms with Crippen molar-refractivity contribution < 1.29 is 18.3 Å². The second kappa shape index (κ2) is 5.85. The summed E-state index contributed by atoms with van der Waals surface area (Å²) >= 11 is 0. The number of piperidine rings is 1. The number of aryl methyl sites for hydroxylation is 1. The number of hydrogen-bond acceptors (Lipinski definition) is 2. The molecule has 1 atom stereocenters. The molecule has 2 nitrogen and oxygen atoms in total. The Hall–Kier alpha value is -1.07. The van der Waals surface area contributed by atoms with Gasteiger partial charge in [-0.05, 0) is 49.1 Å². The first kappa shape index (κ1) is 15.8. The molecule has 22 heavy (non-hydrogen) atoms. The van der Waals surface area contributed by atoms with Crippen LogP contribution in [0.3, 0.4) is 0 Å². The molecule has 5 heteroatoms. The number of nitrogens with zero attached hydrogens (tertiary/aromatic N) is 1. The van der Waals surface area contributed by atoms with E-state index in [0.717, 1.165) is 25.8 Å². The van der Waals surface area contributed by atoms with E-state index < -0.39 is 11.8 Å². The number of aliphatic hydroxyl groups is 1. The summed E-state index contributed by atoms with van der Waals surface area (Å²) in [7, 11) is 0. The van der Waals surface area contributed by atoms with E-state index >= 15 is 0 Å². The fraction of sp³-hybridized carbons (Fsp3) is 0.647. The van der Waals surface area contributed by atoms with Gasteiger partial charge in [0.25, 0.3) is 0 Å². The van der Waals surface area contributed by atoms with Crippen molar-refractivity contribution in [2.45, 2.75) is 49.8 Å². The lowest BCUT2D eigenvalue weighted by molar-refractivity contribution is -0.272. The molecule has 1 heterocycles. The minimum Gasteiger partial charge on any atom is -0.380 e. The minimum absolute atomic E-state index is 0.217. The summed E-state index contributed by atoms with van der Waals surface area (Å²) in [6, 6.07) is 8.39. The highest BCUT2D eigenvalue weighted by Crippen LogP contribution is 2.39. The average Bonchev–Trinajstić information content (AvgIpc) is 2.49. The summed E-state index contributed by atoms with van der Waals surface area (Å²) in [6.45, 7) is 1.42. The molecule has 0 aromatic heterocycles. The molecular formula is C17H22F3NO. The number of hydrogen-bond donors (Lipinski definition) is 1. The van der Waals surface area contributed by atoms with E-state index in [-0.39, 0.29) is 12.8 Å². The first-order valence-electron chi connectivity index (χ1n) is 7.98. The van der Waals surface area contributed by atoms with Gasteiger partial charge in [0.05, 0.1) is 0 Å². The van der Waals surface area contributed by atoms with Crippen LogP contribution in [0.15, 0.2) is 24.3 Å². The second-order valence-corrected chi connectivity index (χ2v) is 6.62. The SMILES string of the molecule is OC1(C(F)(F)F)CCN(CC2CCCc3ccccc32)CC1. The van der Waals surface area contributed by atoms with Gasteiger partial charge in [-0.15, -0.1) is 0 Å². The Labute approximate surface area is 128 Å². The van der Waals surface area contributed by atoms with Crippen molar-refractivity contribution >= 4 is 0 Å². The van der Waals surface area contributed by atoms with Crippen molar-refractivity contribution in [1.29, 1.82) is 0 Å². The summed E-state index contributed by atoms with van der Waals surface area (Å²) in [6.07, 6.45) is -1.62. The normalized spacial score (nSPS) is 25.7. The zero-order chi connectivity index (χ0) is 15.8. The van der Waals surface area contributed by atoms with E-state index in [4.69, 9.17) is 0 Å². The molecule has 0 spiro atoms. The Morgan fingerprint density at radius 1 is 1.18 bits per heavy atom. The van der Waals surface area contributed by atoms with Gasteiger partial charge in [0.1, 0.15) is 0 Å². The highest BCUT2D eigenvalue weighted by Gasteiger charge is 2.54.